The summed E-state index contributed by atoms with van der Waals surface area (Å²) >= 11 is 0. The molecule has 1 unspecified atom stereocenters. The number of non-ortho nitro benzene ring substituents is 1. The molecule has 42 heavy (non-hydrogen) atoms. The van der Waals surface area contributed by atoms with E-state index < -0.39 is 53.0 Å². The standard InChI is InChI=1S/C26H24F3N3O8S2/c1-3-4-16-31(41(36,37)18-14-12-17(13-15-18)32(34)35)25(33)20-9-7-11-22-23(20)24(40-42(38,39)26(27,28)29)19-8-5-6-10-21(19)30(22)2/h5-15,24H,3-4,16H2,1-2H3. The molecule has 0 spiro atoms. The van der Waals surface area contributed by atoms with Gasteiger partial charge in [-0.05, 0) is 36.8 Å². The second-order valence-corrected chi connectivity index (χ2v) is 12.6. The number of carbonyl (C=O) groups is 1. The first-order valence-electron chi connectivity index (χ1n) is 12.4. The molecule has 0 radical (unpaired) electrons. The topological polar surface area (TPSA) is 144 Å². The number of fused-ring (bicyclic) bond motifs is 2. The van der Waals surface area contributed by atoms with E-state index in [1.54, 1.807) is 20.0 Å². The molecule has 0 aliphatic carbocycles. The Morgan fingerprint density at radius 2 is 1.62 bits per heavy atom. The van der Waals surface area contributed by atoms with Crippen molar-refractivity contribution in [3.05, 3.63) is 93.5 Å². The fourth-order valence-electron chi connectivity index (χ4n) is 4.52. The minimum Gasteiger partial charge on any atom is -0.344 e. The molecule has 1 atom stereocenters. The van der Waals surface area contributed by atoms with E-state index in [-0.39, 0.29) is 35.5 Å². The largest absolute Gasteiger partial charge is 0.523 e. The first kappa shape index (κ1) is 30.9. The predicted octanol–water partition coefficient (Wildman–Crippen LogP) is 5.26. The first-order chi connectivity index (χ1) is 19.6. The number of carbonyl (C=O) groups excluding carboxylic acids is 1. The maximum atomic E-state index is 14.0. The minimum absolute atomic E-state index is 0.00101. The number of hydrogen-bond acceptors (Lipinski definition) is 9. The number of anilines is 2. The van der Waals surface area contributed by atoms with Gasteiger partial charge in [0.2, 0.25) is 0 Å². The third kappa shape index (κ3) is 5.56. The number of sulfonamides is 1. The average Bonchev–Trinajstić information content (AvgIpc) is 2.94. The second kappa shape index (κ2) is 11.3. The number of para-hydroxylation sites is 1. The van der Waals surface area contributed by atoms with Gasteiger partial charge in [0.25, 0.3) is 21.6 Å². The van der Waals surface area contributed by atoms with Crippen LogP contribution < -0.4 is 4.90 Å². The zero-order valence-corrected chi connectivity index (χ0v) is 23.7. The zero-order valence-electron chi connectivity index (χ0n) is 22.1. The summed E-state index contributed by atoms with van der Waals surface area (Å²) in [5.41, 5.74) is -6.43. The van der Waals surface area contributed by atoms with Crippen molar-refractivity contribution in [1.82, 2.24) is 4.31 Å². The van der Waals surface area contributed by atoms with Crippen molar-refractivity contribution < 1.29 is 43.9 Å². The SMILES string of the molecule is CCCCN(C(=O)c1cccc2c1C(OS(=O)(=O)C(F)(F)F)c1ccccc1N2C)S(=O)(=O)c1ccc([N+](=O)[O-])cc1. The van der Waals surface area contributed by atoms with Gasteiger partial charge < -0.3 is 4.90 Å². The smallest absolute Gasteiger partial charge is 0.344 e. The van der Waals surface area contributed by atoms with Crippen LogP contribution >= 0.6 is 0 Å². The summed E-state index contributed by atoms with van der Waals surface area (Å²) in [6.45, 7) is 1.40. The number of benzene rings is 3. The van der Waals surface area contributed by atoms with Gasteiger partial charge in [0.1, 0.15) is 6.10 Å². The number of unbranched alkanes of at least 4 members (excludes halogenated alkanes) is 1. The Morgan fingerprint density at radius 3 is 2.21 bits per heavy atom. The highest BCUT2D eigenvalue weighted by molar-refractivity contribution is 7.89. The van der Waals surface area contributed by atoms with Crippen LogP contribution in [0.1, 0.15) is 47.4 Å². The normalized spacial score (nSPS) is 15.1. The Balaban J connectivity index is 1.90. The summed E-state index contributed by atoms with van der Waals surface area (Å²) < 4.78 is 97.3. The van der Waals surface area contributed by atoms with E-state index in [1.807, 2.05) is 0 Å². The van der Waals surface area contributed by atoms with Gasteiger partial charge >= 0.3 is 15.6 Å². The van der Waals surface area contributed by atoms with Crippen molar-refractivity contribution in [3.8, 4) is 0 Å². The molecule has 0 fully saturated rings. The van der Waals surface area contributed by atoms with Gasteiger partial charge in [0.15, 0.2) is 0 Å². The van der Waals surface area contributed by atoms with Crippen molar-refractivity contribution in [2.75, 3.05) is 18.5 Å². The second-order valence-electron chi connectivity index (χ2n) is 9.22. The van der Waals surface area contributed by atoms with Crippen molar-refractivity contribution in [1.29, 1.82) is 0 Å². The number of nitro benzene ring substituents is 1. The molecule has 16 heteroatoms. The molecule has 1 amide bonds. The Hall–Kier alpha value is -4.02. The van der Waals surface area contributed by atoms with E-state index in [0.717, 1.165) is 24.3 Å². The van der Waals surface area contributed by atoms with Gasteiger partial charge in [-0.2, -0.15) is 21.6 Å². The van der Waals surface area contributed by atoms with Crippen LogP contribution in [0, 0.1) is 10.1 Å². The van der Waals surface area contributed by atoms with Gasteiger partial charge in [0, 0.05) is 53.8 Å². The Morgan fingerprint density at radius 1 is 1.00 bits per heavy atom. The number of nitro groups is 1. The predicted molar refractivity (Wildman–Crippen MR) is 145 cm³/mol. The molecule has 4 rings (SSSR count). The van der Waals surface area contributed by atoms with Crippen molar-refractivity contribution in [2.24, 2.45) is 0 Å². The first-order valence-corrected chi connectivity index (χ1v) is 15.2. The number of alkyl halides is 3. The molecule has 0 saturated carbocycles. The molecule has 0 N–H and O–H groups in total. The highest BCUT2D eigenvalue weighted by atomic mass is 32.2. The van der Waals surface area contributed by atoms with E-state index >= 15 is 0 Å². The third-order valence-electron chi connectivity index (χ3n) is 6.60. The Labute approximate surface area is 239 Å². The van der Waals surface area contributed by atoms with Crippen LogP contribution in [0.3, 0.4) is 0 Å². The maximum Gasteiger partial charge on any atom is 0.523 e. The maximum absolute atomic E-state index is 14.0. The van der Waals surface area contributed by atoms with E-state index in [9.17, 15) is 44.9 Å². The van der Waals surface area contributed by atoms with Crippen LogP contribution in [-0.2, 0) is 24.3 Å². The number of nitrogens with zero attached hydrogens (tertiary/aromatic N) is 3. The molecule has 0 saturated heterocycles. The summed E-state index contributed by atoms with van der Waals surface area (Å²) in [6, 6.07) is 13.7. The summed E-state index contributed by atoms with van der Waals surface area (Å²) in [5.74, 6) is -1.15. The molecular weight excluding hydrogens is 603 g/mol. The lowest BCUT2D eigenvalue weighted by molar-refractivity contribution is -0.384. The van der Waals surface area contributed by atoms with Crippen LogP contribution in [0.25, 0.3) is 0 Å². The number of rotatable bonds is 9. The van der Waals surface area contributed by atoms with E-state index in [2.05, 4.69) is 0 Å². The fourth-order valence-corrected chi connectivity index (χ4v) is 6.51. The molecule has 3 aromatic rings. The number of amides is 1. The molecule has 1 heterocycles. The molecular formula is C26H24F3N3O8S2. The van der Waals surface area contributed by atoms with Crippen LogP contribution in [0.5, 0.6) is 0 Å². The summed E-state index contributed by atoms with van der Waals surface area (Å²) in [7, 11) is -9.26. The van der Waals surface area contributed by atoms with Gasteiger partial charge in [-0.3, -0.25) is 14.9 Å². The molecule has 11 nitrogen and oxygen atoms in total. The van der Waals surface area contributed by atoms with Crippen LogP contribution in [0.2, 0.25) is 0 Å². The van der Waals surface area contributed by atoms with Crippen LogP contribution in [0.15, 0.2) is 71.6 Å². The average molecular weight is 628 g/mol. The fraction of sp³-hybridized carbons (Fsp3) is 0.269. The van der Waals surface area contributed by atoms with Gasteiger partial charge in [-0.15, -0.1) is 0 Å². The van der Waals surface area contributed by atoms with Crippen LogP contribution in [-0.4, -0.2) is 51.1 Å². The lowest BCUT2D eigenvalue weighted by Gasteiger charge is -2.36. The van der Waals surface area contributed by atoms with Gasteiger partial charge in [-0.25, -0.2) is 16.9 Å². The summed E-state index contributed by atoms with van der Waals surface area (Å²) in [5, 5.41) is 11.0. The number of hydrogen-bond donors (Lipinski definition) is 0. The number of halogens is 3. The molecule has 0 aromatic heterocycles. The van der Waals surface area contributed by atoms with Crippen molar-refractivity contribution >= 4 is 43.1 Å². The Kier molecular flexibility index (Phi) is 8.35. The zero-order chi connectivity index (χ0) is 31.0. The molecule has 0 bridgehead atoms. The van der Waals surface area contributed by atoms with Gasteiger partial charge in [0.05, 0.1) is 9.82 Å². The Bertz CT molecular complexity index is 1750. The summed E-state index contributed by atoms with van der Waals surface area (Å²) in [4.78, 5) is 25.4. The highest BCUT2D eigenvalue weighted by Crippen LogP contribution is 2.48. The highest BCUT2D eigenvalue weighted by Gasteiger charge is 2.50. The molecule has 1 aliphatic heterocycles. The molecule has 3 aromatic carbocycles. The van der Waals surface area contributed by atoms with Gasteiger partial charge in [-0.1, -0.05) is 37.6 Å². The van der Waals surface area contributed by atoms with E-state index in [1.165, 1.54) is 41.3 Å². The lowest BCUT2D eigenvalue weighted by Crippen LogP contribution is -2.39. The third-order valence-corrected chi connectivity index (χ3v) is 9.41. The van der Waals surface area contributed by atoms with Crippen molar-refractivity contribution in [2.45, 2.75) is 36.3 Å². The lowest BCUT2D eigenvalue weighted by atomic mass is 9.89. The van der Waals surface area contributed by atoms with E-state index in [4.69, 9.17) is 4.18 Å². The quantitative estimate of drug-likeness (QED) is 0.134. The van der Waals surface area contributed by atoms with Crippen molar-refractivity contribution in [3.63, 3.8) is 0 Å². The van der Waals surface area contributed by atoms with E-state index in [0.29, 0.717) is 16.4 Å². The monoisotopic (exact) mass is 627 g/mol. The molecule has 1 aliphatic rings. The summed E-state index contributed by atoms with van der Waals surface area (Å²) in [6.07, 6.45) is -1.29. The molecule has 224 valence electrons. The minimum atomic E-state index is -6.18. The van der Waals surface area contributed by atoms with Crippen LogP contribution in [0.4, 0.5) is 30.2 Å².